The van der Waals surface area contributed by atoms with Crippen LogP contribution in [0.15, 0.2) is 18.2 Å². The van der Waals surface area contributed by atoms with Gasteiger partial charge in [-0.3, -0.25) is 11.3 Å². The normalized spacial score (nSPS) is 27.6. The van der Waals surface area contributed by atoms with Gasteiger partial charge >= 0.3 is 0 Å². The third-order valence-corrected chi connectivity index (χ3v) is 4.67. The number of halogens is 2. The maximum Gasteiger partial charge on any atom is 0.126 e. The van der Waals surface area contributed by atoms with E-state index >= 15 is 0 Å². The van der Waals surface area contributed by atoms with E-state index in [0.717, 1.165) is 37.8 Å². The average molecular weight is 298 g/mol. The fraction of sp³-hybridized carbons (Fsp3) is 0.625. The second-order valence-electron chi connectivity index (χ2n) is 6.13. The largest absolute Gasteiger partial charge is 0.377 e. The van der Waals surface area contributed by atoms with Gasteiger partial charge in [-0.25, -0.2) is 8.78 Å². The Bertz CT molecular complexity index is 483. The lowest BCUT2D eigenvalue weighted by Gasteiger charge is -2.44. The molecular formula is C16H24F2N2O. The minimum Gasteiger partial charge on any atom is -0.377 e. The number of nitrogens with one attached hydrogen (secondary N) is 1. The lowest BCUT2D eigenvalue weighted by molar-refractivity contribution is -0.0792. The van der Waals surface area contributed by atoms with Gasteiger partial charge in [0.2, 0.25) is 0 Å². The van der Waals surface area contributed by atoms with Crippen LogP contribution in [-0.4, -0.2) is 18.8 Å². The highest BCUT2D eigenvalue weighted by atomic mass is 19.1. The molecule has 3 N–H and O–H groups in total. The zero-order valence-electron chi connectivity index (χ0n) is 12.7. The first-order chi connectivity index (χ1) is 10.0. The molecule has 0 saturated heterocycles. The van der Waals surface area contributed by atoms with E-state index in [1.807, 2.05) is 0 Å². The predicted octanol–water partition coefficient (Wildman–Crippen LogP) is 2.93. The second-order valence-corrected chi connectivity index (χ2v) is 6.13. The summed E-state index contributed by atoms with van der Waals surface area (Å²) in [5.41, 5.74) is 2.67. The van der Waals surface area contributed by atoms with E-state index in [1.54, 1.807) is 7.11 Å². The Morgan fingerprint density at radius 1 is 1.48 bits per heavy atom. The molecule has 0 aromatic heterocycles. The summed E-state index contributed by atoms with van der Waals surface area (Å²) < 4.78 is 33.0. The molecule has 0 spiro atoms. The molecule has 1 aromatic carbocycles. The van der Waals surface area contributed by atoms with Gasteiger partial charge in [0.1, 0.15) is 11.6 Å². The number of hydrogen-bond donors (Lipinski definition) is 2. The summed E-state index contributed by atoms with van der Waals surface area (Å²) in [5.74, 6) is 5.38. The van der Waals surface area contributed by atoms with E-state index in [4.69, 9.17) is 10.6 Å². The van der Waals surface area contributed by atoms with Crippen LogP contribution in [0.3, 0.4) is 0 Å². The van der Waals surface area contributed by atoms with E-state index in [0.29, 0.717) is 17.9 Å². The maximum atomic E-state index is 13.9. The fourth-order valence-electron chi connectivity index (χ4n) is 3.50. The molecule has 0 bridgehead atoms. The van der Waals surface area contributed by atoms with Crippen LogP contribution in [0.1, 0.15) is 38.2 Å². The molecule has 3 nitrogen and oxygen atoms in total. The van der Waals surface area contributed by atoms with Crippen molar-refractivity contribution in [3.63, 3.8) is 0 Å². The van der Waals surface area contributed by atoms with Crippen molar-refractivity contribution in [1.29, 1.82) is 0 Å². The van der Waals surface area contributed by atoms with Gasteiger partial charge in [-0.05, 0) is 48.9 Å². The Balaban J connectivity index is 2.23. The molecule has 1 aliphatic rings. The van der Waals surface area contributed by atoms with Crippen LogP contribution >= 0.6 is 0 Å². The Labute approximate surface area is 124 Å². The van der Waals surface area contributed by atoms with Gasteiger partial charge in [-0.1, -0.05) is 19.8 Å². The molecule has 5 heteroatoms. The summed E-state index contributed by atoms with van der Waals surface area (Å²) in [6.45, 7) is 2.18. The van der Waals surface area contributed by atoms with Gasteiger partial charge in [-0.15, -0.1) is 0 Å². The second kappa shape index (κ2) is 6.81. The van der Waals surface area contributed by atoms with Gasteiger partial charge in [0.05, 0.1) is 11.6 Å². The number of rotatable bonds is 5. The van der Waals surface area contributed by atoms with Crippen LogP contribution in [0.2, 0.25) is 0 Å². The van der Waals surface area contributed by atoms with Crippen molar-refractivity contribution in [3.8, 4) is 0 Å². The molecule has 0 radical (unpaired) electrons. The summed E-state index contributed by atoms with van der Waals surface area (Å²) in [5, 5.41) is 0. The summed E-state index contributed by atoms with van der Waals surface area (Å²) >= 11 is 0. The highest BCUT2D eigenvalue weighted by molar-refractivity contribution is 5.21. The first-order valence-electron chi connectivity index (χ1n) is 7.46. The first kappa shape index (κ1) is 16.3. The number of methoxy groups -OCH3 is 1. The van der Waals surface area contributed by atoms with Gasteiger partial charge in [0.15, 0.2) is 0 Å². The van der Waals surface area contributed by atoms with Crippen LogP contribution in [0.5, 0.6) is 0 Å². The molecule has 1 aliphatic carbocycles. The van der Waals surface area contributed by atoms with E-state index in [2.05, 4.69) is 12.3 Å². The molecule has 118 valence electrons. The SMILES string of the molecule is COC1(C(Cc2cc(F)ccc2F)NN)CCCC(C)C1. The number of ether oxygens (including phenoxy) is 1. The number of hydrogen-bond acceptors (Lipinski definition) is 3. The van der Waals surface area contributed by atoms with Crippen LogP contribution in [0.25, 0.3) is 0 Å². The minimum absolute atomic E-state index is 0.249. The van der Waals surface area contributed by atoms with Gasteiger partial charge in [-0.2, -0.15) is 0 Å². The maximum absolute atomic E-state index is 13.9. The zero-order chi connectivity index (χ0) is 15.5. The molecule has 1 saturated carbocycles. The van der Waals surface area contributed by atoms with Crippen molar-refractivity contribution in [2.45, 2.75) is 50.7 Å². The molecular weight excluding hydrogens is 274 g/mol. The molecule has 1 aromatic rings. The van der Waals surface area contributed by atoms with E-state index in [-0.39, 0.29) is 6.04 Å². The molecule has 2 rings (SSSR count). The van der Waals surface area contributed by atoms with Gasteiger partial charge in [0, 0.05) is 7.11 Å². The van der Waals surface area contributed by atoms with Gasteiger partial charge in [0.25, 0.3) is 0 Å². The minimum atomic E-state index is -0.439. The molecule has 0 heterocycles. The highest BCUT2D eigenvalue weighted by Crippen LogP contribution is 2.38. The monoisotopic (exact) mass is 298 g/mol. The summed E-state index contributed by atoms with van der Waals surface area (Å²) in [7, 11) is 1.67. The Morgan fingerprint density at radius 2 is 2.24 bits per heavy atom. The van der Waals surface area contributed by atoms with Crippen LogP contribution in [0, 0.1) is 17.6 Å². The number of hydrazine groups is 1. The Hall–Kier alpha value is -1.04. The van der Waals surface area contributed by atoms with Crippen molar-refractivity contribution in [2.75, 3.05) is 7.11 Å². The first-order valence-corrected chi connectivity index (χ1v) is 7.46. The average Bonchev–Trinajstić information content (AvgIpc) is 2.48. The van der Waals surface area contributed by atoms with Crippen LogP contribution < -0.4 is 11.3 Å². The standard InChI is InChI=1S/C16H24F2N2O/c1-11-4-3-7-16(10-11,21-2)15(20-19)9-12-8-13(17)5-6-14(12)18/h5-6,8,11,15,20H,3-4,7,9-10,19H2,1-2H3. The molecule has 3 atom stereocenters. The molecule has 0 amide bonds. The van der Waals surface area contributed by atoms with E-state index < -0.39 is 17.2 Å². The summed E-state index contributed by atoms with van der Waals surface area (Å²) in [6, 6.07) is 3.26. The topological polar surface area (TPSA) is 47.3 Å². The lowest BCUT2D eigenvalue weighted by atomic mass is 9.73. The van der Waals surface area contributed by atoms with E-state index in [9.17, 15) is 8.78 Å². The number of nitrogens with two attached hydrogens (primary N) is 1. The van der Waals surface area contributed by atoms with Crippen molar-refractivity contribution in [3.05, 3.63) is 35.4 Å². The van der Waals surface area contributed by atoms with Gasteiger partial charge < -0.3 is 4.74 Å². The quantitative estimate of drug-likeness (QED) is 0.649. The highest BCUT2D eigenvalue weighted by Gasteiger charge is 2.42. The summed E-state index contributed by atoms with van der Waals surface area (Å²) in [6.07, 6.45) is 4.27. The molecule has 1 fully saturated rings. The number of benzene rings is 1. The third-order valence-electron chi connectivity index (χ3n) is 4.67. The summed E-state index contributed by atoms with van der Waals surface area (Å²) in [4.78, 5) is 0. The van der Waals surface area contributed by atoms with E-state index in [1.165, 1.54) is 6.07 Å². The van der Waals surface area contributed by atoms with Crippen LogP contribution in [-0.2, 0) is 11.2 Å². The van der Waals surface area contributed by atoms with Crippen molar-refractivity contribution in [1.82, 2.24) is 5.43 Å². The van der Waals surface area contributed by atoms with Crippen molar-refractivity contribution < 1.29 is 13.5 Å². The zero-order valence-corrected chi connectivity index (χ0v) is 12.7. The molecule has 0 aliphatic heterocycles. The smallest absolute Gasteiger partial charge is 0.126 e. The van der Waals surface area contributed by atoms with Crippen molar-refractivity contribution in [2.24, 2.45) is 11.8 Å². The fourth-order valence-corrected chi connectivity index (χ4v) is 3.50. The lowest BCUT2D eigenvalue weighted by Crippen LogP contribution is -2.57. The Morgan fingerprint density at radius 3 is 2.86 bits per heavy atom. The predicted molar refractivity (Wildman–Crippen MR) is 78.5 cm³/mol. The molecule has 3 unspecified atom stereocenters. The van der Waals surface area contributed by atoms with Crippen molar-refractivity contribution >= 4 is 0 Å². The van der Waals surface area contributed by atoms with Crippen LogP contribution in [0.4, 0.5) is 8.78 Å². The third kappa shape index (κ3) is 3.59. The molecule has 21 heavy (non-hydrogen) atoms. The Kier molecular flexibility index (Phi) is 5.30.